The lowest BCUT2D eigenvalue weighted by atomic mass is 10.2. The Labute approximate surface area is 107 Å². The standard InChI is InChI=1S/C12H19N5O/c1-2-10-11(16-13)14-7-15-12(10)17-5-8-3-4-9(6-17)18-8/h7-9H,2-6,13H2,1H3,(H,14,15,16). The van der Waals surface area contributed by atoms with Crippen LogP contribution < -0.4 is 16.2 Å². The highest BCUT2D eigenvalue weighted by Gasteiger charge is 2.35. The van der Waals surface area contributed by atoms with Gasteiger partial charge in [-0.1, -0.05) is 6.92 Å². The molecule has 2 unspecified atom stereocenters. The molecule has 6 heteroatoms. The van der Waals surface area contributed by atoms with Crippen molar-refractivity contribution in [1.29, 1.82) is 0 Å². The minimum absolute atomic E-state index is 0.359. The van der Waals surface area contributed by atoms with E-state index in [1.807, 2.05) is 0 Å². The number of nitrogens with two attached hydrogens (primary N) is 1. The Balaban J connectivity index is 1.91. The van der Waals surface area contributed by atoms with E-state index in [1.165, 1.54) is 0 Å². The highest BCUT2D eigenvalue weighted by Crippen LogP contribution is 2.31. The van der Waals surface area contributed by atoms with Gasteiger partial charge in [0.15, 0.2) is 0 Å². The second kappa shape index (κ2) is 4.70. The number of nitrogens with one attached hydrogen (secondary N) is 1. The molecule has 3 heterocycles. The van der Waals surface area contributed by atoms with E-state index in [2.05, 4.69) is 27.2 Å². The van der Waals surface area contributed by atoms with Gasteiger partial charge in [-0.25, -0.2) is 15.8 Å². The van der Waals surface area contributed by atoms with Crippen LogP contribution in [0.15, 0.2) is 6.33 Å². The number of ether oxygens (including phenoxy) is 1. The van der Waals surface area contributed by atoms with Crippen molar-refractivity contribution in [1.82, 2.24) is 9.97 Å². The Morgan fingerprint density at radius 1 is 1.39 bits per heavy atom. The van der Waals surface area contributed by atoms with Crippen molar-refractivity contribution >= 4 is 11.6 Å². The van der Waals surface area contributed by atoms with E-state index in [-0.39, 0.29) is 0 Å². The molecule has 98 valence electrons. The van der Waals surface area contributed by atoms with Gasteiger partial charge >= 0.3 is 0 Å². The van der Waals surface area contributed by atoms with E-state index < -0.39 is 0 Å². The number of nitrogen functional groups attached to an aromatic ring is 1. The first-order chi connectivity index (χ1) is 8.81. The molecule has 18 heavy (non-hydrogen) atoms. The molecule has 0 aliphatic carbocycles. The maximum Gasteiger partial charge on any atom is 0.148 e. The maximum atomic E-state index is 5.85. The number of hydrogen-bond donors (Lipinski definition) is 2. The van der Waals surface area contributed by atoms with Crippen molar-refractivity contribution in [3.05, 3.63) is 11.9 Å². The lowest BCUT2D eigenvalue weighted by Gasteiger charge is -2.34. The molecule has 2 atom stereocenters. The van der Waals surface area contributed by atoms with Crippen molar-refractivity contribution in [2.45, 2.75) is 38.4 Å². The zero-order valence-corrected chi connectivity index (χ0v) is 10.6. The highest BCUT2D eigenvalue weighted by molar-refractivity contribution is 5.58. The molecule has 2 saturated heterocycles. The van der Waals surface area contributed by atoms with Crippen LogP contribution in [0.25, 0.3) is 0 Å². The molecule has 1 aromatic rings. The van der Waals surface area contributed by atoms with Crippen LogP contribution in [0.5, 0.6) is 0 Å². The van der Waals surface area contributed by atoms with Gasteiger partial charge in [-0.15, -0.1) is 0 Å². The van der Waals surface area contributed by atoms with Crippen molar-refractivity contribution in [3.8, 4) is 0 Å². The fourth-order valence-corrected chi connectivity index (χ4v) is 2.91. The van der Waals surface area contributed by atoms with Crippen molar-refractivity contribution < 1.29 is 4.74 Å². The predicted octanol–water partition coefficient (Wildman–Crippen LogP) is 0.692. The number of rotatable bonds is 3. The molecule has 3 rings (SSSR count). The summed E-state index contributed by atoms with van der Waals surface area (Å²) in [5.41, 5.74) is 3.74. The van der Waals surface area contributed by atoms with Crippen LogP contribution in [-0.2, 0) is 11.2 Å². The third kappa shape index (κ3) is 1.91. The summed E-state index contributed by atoms with van der Waals surface area (Å²) in [5.74, 6) is 7.23. The monoisotopic (exact) mass is 249 g/mol. The summed E-state index contributed by atoms with van der Waals surface area (Å²) in [5, 5.41) is 0. The Kier molecular flexibility index (Phi) is 3.05. The Morgan fingerprint density at radius 3 is 2.72 bits per heavy atom. The van der Waals surface area contributed by atoms with Crippen molar-refractivity contribution in [2.24, 2.45) is 5.84 Å². The van der Waals surface area contributed by atoms with Crippen LogP contribution in [0.4, 0.5) is 11.6 Å². The number of hydrazine groups is 1. The quantitative estimate of drug-likeness (QED) is 0.606. The smallest absolute Gasteiger partial charge is 0.148 e. The zero-order valence-electron chi connectivity index (χ0n) is 10.6. The maximum absolute atomic E-state index is 5.85. The number of hydrogen-bond acceptors (Lipinski definition) is 6. The number of anilines is 2. The van der Waals surface area contributed by atoms with Gasteiger partial charge in [0.25, 0.3) is 0 Å². The van der Waals surface area contributed by atoms with Gasteiger partial charge in [0.05, 0.1) is 12.2 Å². The molecular weight excluding hydrogens is 230 g/mol. The average Bonchev–Trinajstić information content (AvgIpc) is 2.76. The van der Waals surface area contributed by atoms with Crippen molar-refractivity contribution in [3.63, 3.8) is 0 Å². The van der Waals surface area contributed by atoms with E-state index in [4.69, 9.17) is 10.6 Å². The average molecular weight is 249 g/mol. The summed E-state index contributed by atoms with van der Waals surface area (Å²) in [6, 6.07) is 0. The minimum Gasteiger partial charge on any atom is -0.371 e. The number of aromatic nitrogens is 2. The minimum atomic E-state index is 0.359. The second-order valence-electron chi connectivity index (χ2n) is 4.88. The first-order valence-electron chi connectivity index (χ1n) is 6.52. The number of nitrogens with zero attached hydrogens (tertiary/aromatic N) is 3. The molecule has 0 saturated carbocycles. The van der Waals surface area contributed by atoms with Crippen LogP contribution in [-0.4, -0.2) is 35.3 Å². The van der Waals surface area contributed by atoms with Crippen LogP contribution >= 0.6 is 0 Å². The van der Waals surface area contributed by atoms with Crippen LogP contribution in [0.2, 0.25) is 0 Å². The molecular formula is C12H19N5O. The molecule has 0 radical (unpaired) electrons. The van der Waals surface area contributed by atoms with E-state index in [0.717, 1.165) is 49.6 Å². The summed E-state index contributed by atoms with van der Waals surface area (Å²) >= 11 is 0. The Morgan fingerprint density at radius 2 is 2.11 bits per heavy atom. The normalized spacial score (nSPS) is 26.4. The van der Waals surface area contributed by atoms with Gasteiger partial charge in [-0.05, 0) is 19.3 Å². The topological polar surface area (TPSA) is 76.3 Å². The fraction of sp³-hybridized carbons (Fsp3) is 0.667. The number of fused-ring (bicyclic) bond motifs is 2. The van der Waals surface area contributed by atoms with Crippen LogP contribution in [0.1, 0.15) is 25.3 Å². The van der Waals surface area contributed by atoms with Gasteiger partial charge in [-0.2, -0.15) is 0 Å². The highest BCUT2D eigenvalue weighted by atomic mass is 16.5. The fourth-order valence-electron chi connectivity index (χ4n) is 2.91. The summed E-state index contributed by atoms with van der Waals surface area (Å²) in [7, 11) is 0. The SMILES string of the molecule is CCc1c(NN)ncnc1N1CC2CCC(C1)O2. The van der Waals surface area contributed by atoms with Gasteiger partial charge in [0, 0.05) is 18.7 Å². The van der Waals surface area contributed by atoms with Crippen LogP contribution in [0.3, 0.4) is 0 Å². The molecule has 0 spiro atoms. The molecule has 3 N–H and O–H groups in total. The first kappa shape index (κ1) is 11.7. The molecule has 0 aromatic carbocycles. The molecule has 2 aliphatic rings. The third-order valence-corrected chi connectivity index (χ3v) is 3.76. The summed E-state index contributed by atoms with van der Waals surface area (Å²) in [6.07, 6.45) is 5.48. The summed E-state index contributed by atoms with van der Waals surface area (Å²) in [6.45, 7) is 3.94. The molecule has 1 aromatic heterocycles. The molecule has 2 fully saturated rings. The summed E-state index contributed by atoms with van der Waals surface area (Å²) in [4.78, 5) is 10.9. The van der Waals surface area contributed by atoms with E-state index in [0.29, 0.717) is 12.2 Å². The van der Waals surface area contributed by atoms with Gasteiger partial charge in [0.1, 0.15) is 18.0 Å². The van der Waals surface area contributed by atoms with Crippen molar-refractivity contribution in [2.75, 3.05) is 23.4 Å². The van der Waals surface area contributed by atoms with Gasteiger partial charge < -0.3 is 15.1 Å². The lowest BCUT2D eigenvalue weighted by Crippen LogP contribution is -2.43. The predicted molar refractivity (Wildman–Crippen MR) is 69.3 cm³/mol. The van der Waals surface area contributed by atoms with E-state index in [1.54, 1.807) is 6.33 Å². The largest absolute Gasteiger partial charge is 0.371 e. The van der Waals surface area contributed by atoms with E-state index in [9.17, 15) is 0 Å². The number of morpholine rings is 1. The summed E-state index contributed by atoms with van der Waals surface area (Å²) < 4.78 is 5.85. The Hall–Kier alpha value is -1.40. The first-order valence-corrected chi connectivity index (χ1v) is 6.52. The third-order valence-electron chi connectivity index (χ3n) is 3.76. The second-order valence-corrected chi connectivity index (χ2v) is 4.88. The van der Waals surface area contributed by atoms with E-state index >= 15 is 0 Å². The van der Waals surface area contributed by atoms with Gasteiger partial charge in [-0.3, -0.25) is 0 Å². The van der Waals surface area contributed by atoms with Gasteiger partial charge in [0.2, 0.25) is 0 Å². The zero-order chi connectivity index (χ0) is 12.5. The molecule has 6 nitrogen and oxygen atoms in total. The van der Waals surface area contributed by atoms with Crippen LogP contribution in [0, 0.1) is 0 Å². The molecule has 2 bridgehead atoms. The Bertz CT molecular complexity index is 426. The molecule has 2 aliphatic heterocycles. The molecule has 0 amide bonds. The lowest BCUT2D eigenvalue weighted by molar-refractivity contribution is 0.0301.